The highest BCUT2D eigenvalue weighted by Gasteiger charge is 2.15. The SMILES string of the molecule is CC(C)N(CCBr)c1ncnc2sccc12. The molecule has 0 bridgehead atoms. The Morgan fingerprint density at radius 1 is 1.44 bits per heavy atom. The average Bonchev–Trinajstić information content (AvgIpc) is 2.73. The number of aromatic nitrogens is 2. The molecule has 0 aliphatic rings. The van der Waals surface area contributed by atoms with Gasteiger partial charge in [0.1, 0.15) is 17.0 Å². The first-order valence-corrected chi connectivity index (χ1v) is 7.25. The minimum Gasteiger partial charge on any atom is -0.353 e. The Morgan fingerprint density at radius 2 is 2.25 bits per heavy atom. The third-order valence-electron chi connectivity index (χ3n) is 2.46. The number of anilines is 1. The Bertz CT molecular complexity index is 469. The molecule has 0 unspecified atom stereocenters. The molecular formula is C11H14BrN3S. The molecule has 3 nitrogen and oxygen atoms in total. The molecule has 0 aliphatic carbocycles. The van der Waals surface area contributed by atoms with E-state index in [9.17, 15) is 0 Å². The molecule has 0 saturated heterocycles. The van der Waals surface area contributed by atoms with Gasteiger partial charge in [0.25, 0.3) is 0 Å². The van der Waals surface area contributed by atoms with Crippen molar-refractivity contribution in [2.24, 2.45) is 0 Å². The lowest BCUT2D eigenvalue weighted by Gasteiger charge is -2.27. The zero-order valence-corrected chi connectivity index (χ0v) is 11.8. The number of fused-ring (bicyclic) bond motifs is 1. The number of alkyl halides is 1. The summed E-state index contributed by atoms with van der Waals surface area (Å²) < 4.78 is 0. The summed E-state index contributed by atoms with van der Waals surface area (Å²) in [5.74, 6) is 1.04. The van der Waals surface area contributed by atoms with E-state index in [2.05, 4.69) is 56.1 Å². The van der Waals surface area contributed by atoms with Gasteiger partial charge in [0, 0.05) is 17.9 Å². The minimum atomic E-state index is 0.440. The summed E-state index contributed by atoms with van der Waals surface area (Å²) in [6.07, 6.45) is 1.65. The number of nitrogens with zero attached hydrogens (tertiary/aromatic N) is 3. The summed E-state index contributed by atoms with van der Waals surface area (Å²) in [5, 5.41) is 4.16. The van der Waals surface area contributed by atoms with E-state index in [0.717, 1.165) is 27.9 Å². The van der Waals surface area contributed by atoms with Gasteiger partial charge < -0.3 is 4.90 Å². The molecule has 0 spiro atoms. The van der Waals surface area contributed by atoms with Crippen LogP contribution < -0.4 is 4.90 Å². The van der Waals surface area contributed by atoms with Crippen LogP contribution in [-0.2, 0) is 0 Å². The molecule has 5 heteroatoms. The largest absolute Gasteiger partial charge is 0.353 e. The molecule has 0 aromatic carbocycles. The van der Waals surface area contributed by atoms with Crippen LogP contribution in [0.2, 0.25) is 0 Å². The number of hydrogen-bond donors (Lipinski definition) is 0. The van der Waals surface area contributed by atoms with E-state index in [1.807, 2.05) is 0 Å². The maximum atomic E-state index is 4.42. The van der Waals surface area contributed by atoms with Crippen LogP contribution in [0.3, 0.4) is 0 Å². The lowest BCUT2D eigenvalue weighted by molar-refractivity contribution is 0.700. The molecule has 0 radical (unpaired) electrons. The van der Waals surface area contributed by atoms with Crippen LogP contribution in [0.15, 0.2) is 17.8 Å². The van der Waals surface area contributed by atoms with Crippen LogP contribution in [0.5, 0.6) is 0 Å². The third kappa shape index (κ3) is 2.20. The highest BCUT2D eigenvalue weighted by atomic mass is 79.9. The van der Waals surface area contributed by atoms with Crippen molar-refractivity contribution in [3.8, 4) is 0 Å². The van der Waals surface area contributed by atoms with Gasteiger partial charge in [0.2, 0.25) is 0 Å². The fraction of sp³-hybridized carbons (Fsp3) is 0.455. The maximum Gasteiger partial charge on any atom is 0.141 e. The summed E-state index contributed by atoms with van der Waals surface area (Å²) in [6.45, 7) is 5.32. The van der Waals surface area contributed by atoms with Crippen molar-refractivity contribution in [1.82, 2.24) is 9.97 Å². The van der Waals surface area contributed by atoms with Gasteiger partial charge in [-0.15, -0.1) is 11.3 Å². The molecular weight excluding hydrogens is 286 g/mol. The Morgan fingerprint density at radius 3 is 2.94 bits per heavy atom. The highest BCUT2D eigenvalue weighted by Crippen LogP contribution is 2.27. The van der Waals surface area contributed by atoms with Crippen LogP contribution in [0.25, 0.3) is 10.2 Å². The van der Waals surface area contributed by atoms with Crippen molar-refractivity contribution in [2.45, 2.75) is 19.9 Å². The lowest BCUT2D eigenvalue weighted by atomic mass is 10.3. The van der Waals surface area contributed by atoms with E-state index < -0.39 is 0 Å². The second kappa shape index (κ2) is 5.10. The van der Waals surface area contributed by atoms with Gasteiger partial charge in [-0.1, -0.05) is 15.9 Å². The van der Waals surface area contributed by atoms with Crippen molar-refractivity contribution in [2.75, 3.05) is 16.8 Å². The molecule has 0 amide bonds. The molecule has 0 aliphatic heterocycles. The second-order valence-electron chi connectivity index (χ2n) is 3.81. The van der Waals surface area contributed by atoms with Crippen LogP contribution in [-0.4, -0.2) is 27.9 Å². The summed E-state index contributed by atoms with van der Waals surface area (Å²) in [5.41, 5.74) is 0. The van der Waals surface area contributed by atoms with Crippen molar-refractivity contribution in [3.05, 3.63) is 17.8 Å². The van der Waals surface area contributed by atoms with E-state index in [0.29, 0.717) is 6.04 Å². The van der Waals surface area contributed by atoms with Crippen molar-refractivity contribution >= 4 is 43.3 Å². The molecule has 2 heterocycles. The highest BCUT2D eigenvalue weighted by molar-refractivity contribution is 9.09. The molecule has 2 aromatic heterocycles. The van der Waals surface area contributed by atoms with Gasteiger partial charge in [-0.3, -0.25) is 0 Å². The molecule has 2 aromatic rings. The quantitative estimate of drug-likeness (QED) is 0.811. The van der Waals surface area contributed by atoms with E-state index in [-0.39, 0.29) is 0 Å². The first-order valence-electron chi connectivity index (χ1n) is 5.25. The van der Waals surface area contributed by atoms with Crippen LogP contribution in [0.4, 0.5) is 5.82 Å². The van der Waals surface area contributed by atoms with E-state index in [1.54, 1.807) is 17.7 Å². The Labute approximate surface area is 108 Å². The predicted octanol–water partition coefficient (Wildman–Crippen LogP) is 3.30. The summed E-state index contributed by atoms with van der Waals surface area (Å²) in [6, 6.07) is 2.54. The van der Waals surface area contributed by atoms with E-state index >= 15 is 0 Å². The average molecular weight is 300 g/mol. The van der Waals surface area contributed by atoms with Crippen LogP contribution in [0, 0.1) is 0 Å². The van der Waals surface area contributed by atoms with Gasteiger partial charge in [0.05, 0.1) is 5.39 Å². The zero-order valence-electron chi connectivity index (χ0n) is 9.35. The number of hydrogen-bond acceptors (Lipinski definition) is 4. The topological polar surface area (TPSA) is 29.0 Å². The van der Waals surface area contributed by atoms with E-state index in [4.69, 9.17) is 0 Å². The lowest BCUT2D eigenvalue weighted by Crippen LogP contribution is -2.33. The smallest absolute Gasteiger partial charge is 0.141 e. The molecule has 0 saturated carbocycles. The van der Waals surface area contributed by atoms with E-state index in [1.165, 1.54) is 0 Å². The molecule has 86 valence electrons. The summed E-state index contributed by atoms with van der Waals surface area (Å²) in [7, 11) is 0. The van der Waals surface area contributed by atoms with Gasteiger partial charge in [-0.05, 0) is 25.3 Å². The molecule has 2 rings (SSSR count). The fourth-order valence-corrected chi connectivity index (χ4v) is 2.81. The summed E-state index contributed by atoms with van der Waals surface area (Å²) in [4.78, 5) is 12.1. The van der Waals surface area contributed by atoms with Crippen molar-refractivity contribution < 1.29 is 0 Å². The predicted molar refractivity (Wildman–Crippen MR) is 73.7 cm³/mol. The Balaban J connectivity index is 2.47. The molecule has 0 fully saturated rings. The van der Waals surface area contributed by atoms with Crippen LogP contribution in [0.1, 0.15) is 13.8 Å². The molecule has 0 atom stereocenters. The van der Waals surface area contributed by atoms with Gasteiger partial charge in [-0.2, -0.15) is 0 Å². The first kappa shape index (κ1) is 11.8. The maximum absolute atomic E-state index is 4.42. The molecule has 0 N–H and O–H groups in total. The third-order valence-corrected chi connectivity index (χ3v) is 3.64. The minimum absolute atomic E-state index is 0.440. The standard InChI is InChI=1S/C11H14BrN3S/c1-8(2)15(5-4-12)10-9-3-6-16-11(9)14-7-13-10/h3,6-8H,4-5H2,1-2H3. The Kier molecular flexibility index (Phi) is 3.76. The number of thiophene rings is 1. The zero-order chi connectivity index (χ0) is 11.5. The van der Waals surface area contributed by atoms with Gasteiger partial charge in [-0.25, -0.2) is 9.97 Å². The van der Waals surface area contributed by atoms with Gasteiger partial charge in [0.15, 0.2) is 0 Å². The first-order chi connectivity index (χ1) is 7.74. The Hall–Kier alpha value is -0.680. The normalized spacial score (nSPS) is 11.2. The molecule has 16 heavy (non-hydrogen) atoms. The van der Waals surface area contributed by atoms with Crippen LogP contribution >= 0.6 is 27.3 Å². The van der Waals surface area contributed by atoms with Crippen molar-refractivity contribution in [3.63, 3.8) is 0 Å². The summed E-state index contributed by atoms with van der Waals surface area (Å²) >= 11 is 5.15. The van der Waals surface area contributed by atoms with Gasteiger partial charge >= 0.3 is 0 Å². The second-order valence-corrected chi connectivity index (χ2v) is 5.50. The van der Waals surface area contributed by atoms with Crippen molar-refractivity contribution in [1.29, 1.82) is 0 Å². The fourth-order valence-electron chi connectivity index (χ4n) is 1.71. The number of rotatable bonds is 4. The monoisotopic (exact) mass is 299 g/mol. The number of halogens is 1.